The maximum atomic E-state index is 11.9. The summed E-state index contributed by atoms with van der Waals surface area (Å²) in [5.74, 6) is 0.205. The van der Waals surface area contributed by atoms with Gasteiger partial charge in [0.15, 0.2) is 5.13 Å². The summed E-state index contributed by atoms with van der Waals surface area (Å²) in [6.45, 7) is 2.88. The molecule has 0 radical (unpaired) electrons. The van der Waals surface area contributed by atoms with Crippen molar-refractivity contribution in [1.82, 2.24) is 4.98 Å². The molecule has 1 aromatic carbocycles. The van der Waals surface area contributed by atoms with Crippen molar-refractivity contribution in [3.63, 3.8) is 0 Å². The summed E-state index contributed by atoms with van der Waals surface area (Å²) < 4.78 is 0. The van der Waals surface area contributed by atoms with Crippen LogP contribution in [-0.2, 0) is 4.79 Å². The van der Waals surface area contributed by atoms with E-state index in [1.807, 2.05) is 10.3 Å². The zero-order chi connectivity index (χ0) is 13.2. The number of anilines is 1. The van der Waals surface area contributed by atoms with Gasteiger partial charge in [0, 0.05) is 23.9 Å². The molecule has 0 atom stereocenters. The molecule has 1 aliphatic heterocycles. The number of nitrogens with zero attached hydrogens (tertiary/aromatic N) is 2. The van der Waals surface area contributed by atoms with Gasteiger partial charge in [-0.2, -0.15) is 0 Å². The Kier molecular flexibility index (Phi) is 3.34. The Morgan fingerprint density at radius 2 is 2.00 bits per heavy atom. The Morgan fingerprint density at radius 3 is 2.74 bits per heavy atom. The molecule has 0 spiro atoms. The van der Waals surface area contributed by atoms with E-state index in [-0.39, 0.29) is 5.91 Å². The Morgan fingerprint density at radius 1 is 1.21 bits per heavy atom. The number of rotatable bonds is 2. The van der Waals surface area contributed by atoms with Gasteiger partial charge in [-0.25, -0.2) is 4.98 Å². The van der Waals surface area contributed by atoms with Crippen LogP contribution in [0.25, 0.3) is 11.3 Å². The lowest BCUT2D eigenvalue weighted by atomic mass is 10.1. The monoisotopic (exact) mass is 272 g/mol. The summed E-state index contributed by atoms with van der Waals surface area (Å²) in [6, 6.07) is 8.32. The fourth-order valence-electron chi connectivity index (χ4n) is 2.25. The predicted molar refractivity (Wildman–Crippen MR) is 78.5 cm³/mol. The predicted octanol–water partition coefficient (Wildman–Crippen LogP) is 3.64. The second-order valence-electron chi connectivity index (χ2n) is 4.88. The standard InChI is InChI=1S/C15H16N2OS/c1-11-5-7-12(8-6-11)13-10-19-15(16-13)17-9-3-2-4-14(17)18/h5-8,10H,2-4,9H2,1H3. The first-order valence-corrected chi connectivity index (χ1v) is 7.45. The molecule has 0 N–H and O–H groups in total. The van der Waals surface area contributed by atoms with Crippen molar-refractivity contribution >= 4 is 22.4 Å². The summed E-state index contributed by atoms with van der Waals surface area (Å²) in [5, 5.41) is 2.86. The lowest BCUT2D eigenvalue weighted by molar-refractivity contribution is -0.119. The molecule has 1 saturated heterocycles. The van der Waals surface area contributed by atoms with E-state index < -0.39 is 0 Å². The minimum atomic E-state index is 0.205. The molecule has 2 aromatic rings. The third-order valence-electron chi connectivity index (χ3n) is 3.39. The van der Waals surface area contributed by atoms with Crippen molar-refractivity contribution in [2.45, 2.75) is 26.2 Å². The van der Waals surface area contributed by atoms with Crippen molar-refractivity contribution in [2.24, 2.45) is 0 Å². The summed E-state index contributed by atoms with van der Waals surface area (Å²) in [4.78, 5) is 18.3. The first-order valence-electron chi connectivity index (χ1n) is 6.57. The maximum absolute atomic E-state index is 11.9. The number of thiazole rings is 1. The zero-order valence-electron chi connectivity index (χ0n) is 10.9. The number of aromatic nitrogens is 1. The van der Waals surface area contributed by atoms with Gasteiger partial charge in [0.2, 0.25) is 5.91 Å². The van der Waals surface area contributed by atoms with Crippen LogP contribution in [0, 0.1) is 6.92 Å². The number of hydrogen-bond acceptors (Lipinski definition) is 3. The van der Waals surface area contributed by atoms with Crippen LogP contribution in [-0.4, -0.2) is 17.4 Å². The fraction of sp³-hybridized carbons (Fsp3) is 0.333. The van der Waals surface area contributed by atoms with Gasteiger partial charge in [0.1, 0.15) is 0 Å². The van der Waals surface area contributed by atoms with E-state index >= 15 is 0 Å². The van der Waals surface area contributed by atoms with Gasteiger partial charge in [-0.1, -0.05) is 29.8 Å². The Balaban J connectivity index is 1.86. The molecule has 0 aliphatic carbocycles. The minimum absolute atomic E-state index is 0.205. The van der Waals surface area contributed by atoms with Gasteiger partial charge in [0.25, 0.3) is 0 Å². The fourth-order valence-corrected chi connectivity index (χ4v) is 3.13. The van der Waals surface area contributed by atoms with Crippen molar-refractivity contribution < 1.29 is 4.79 Å². The lowest BCUT2D eigenvalue weighted by Crippen LogP contribution is -2.35. The number of carbonyl (C=O) groups excluding carboxylic acids is 1. The van der Waals surface area contributed by atoms with Gasteiger partial charge in [-0.05, 0) is 19.8 Å². The highest BCUT2D eigenvalue weighted by atomic mass is 32.1. The number of benzene rings is 1. The summed E-state index contributed by atoms with van der Waals surface area (Å²) >= 11 is 1.55. The second kappa shape index (κ2) is 5.13. The first-order chi connectivity index (χ1) is 9.24. The van der Waals surface area contributed by atoms with Gasteiger partial charge in [0.05, 0.1) is 5.69 Å². The van der Waals surface area contributed by atoms with E-state index in [0.29, 0.717) is 6.42 Å². The summed E-state index contributed by atoms with van der Waals surface area (Å²) in [7, 11) is 0. The van der Waals surface area contributed by atoms with Crippen LogP contribution in [0.3, 0.4) is 0 Å². The molecule has 3 nitrogen and oxygen atoms in total. The highest BCUT2D eigenvalue weighted by Gasteiger charge is 2.22. The average molecular weight is 272 g/mol. The summed E-state index contributed by atoms with van der Waals surface area (Å²) in [6.07, 6.45) is 2.73. The van der Waals surface area contributed by atoms with Crippen LogP contribution in [0.15, 0.2) is 29.6 Å². The molecule has 3 rings (SSSR count). The molecule has 2 heterocycles. The average Bonchev–Trinajstić information content (AvgIpc) is 2.89. The highest BCUT2D eigenvalue weighted by Crippen LogP contribution is 2.29. The number of amides is 1. The zero-order valence-corrected chi connectivity index (χ0v) is 11.7. The van der Waals surface area contributed by atoms with Crippen molar-refractivity contribution in [1.29, 1.82) is 0 Å². The third kappa shape index (κ3) is 2.54. The van der Waals surface area contributed by atoms with Crippen LogP contribution in [0.1, 0.15) is 24.8 Å². The van der Waals surface area contributed by atoms with Gasteiger partial charge >= 0.3 is 0 Å². The molecular weight excluding hydrogens is 256 g/mol. The normalized spacial score (nSPS) is 15.8. The molecular formula is C15H16N2OS. The number of aryl methyl sites for hydroxylation is 1. The Labute approximate surface area is 116 Å². The van der Waals surface area contributed by atoms with Gasteiger partial charge < -0.3 is 0 Å². The van der Waals surface area contributed by atoms with Crippen LogP contribution in [0.2, 0.25) is 0 Å². The smallest absolute Gasteiger partial charge is 0.228 e. The van der Waals surface area contributed by atoms with E-state index in [9.17, 15) is 4.79 Å². The molecule has 19 heavy (non-hydrogen) atoms. The van der Waals surface area contributed by atoms with E-state index in [0.717, 1.165) is 35.8 Å². The molecule has 0 unspecified atom stereocenters. The van der Waals surface area contributed by atoms with Crippen molar-refractivity contribution in [2.75, 3.05) is 11.4 Å². The molecule has 4 heteroatoms. The highest BCUT2D eigenvalue weighted by molar-refractivity contribution is 7.14. The van der Waals surface area contributed by atoms with Crippen LogP contribution < -0.4 is 4.90 Å². The summed E-state index contributed by atoms with van der Waals surface area (Å²) in [5.41, 5.74) is 3.31. The van der Waals surface area contributed by atoms with E-state index in [4.69, 9.17) is 0 Å². The molecule has 0 bridgehead atoms. The third-order valence-corrected chi connectivity index (χ3v) is 4.26. The minimum Gasteiger partial charge on any atom is -0.288 e. The number of hydrogen-bond donors (Lipinski definition) is 0. The van der Waals surface area contributed by atoms with Crippen LogP contribution in [0.4, 0.5) is 5.13 Å². The Bertz CT molecular complexity index is 588. The van der Waals surface area contributed by atoms with E-state index in [1.165, 1.54) is 5.56 Å². The van der Waals surface area contributed by atoms with E-state index in [2.05, 4.69) is 36.2 Å². The molecule has 98 valence electrons. The topological polar surface area (TPSA) is 33.2 Å². The number of piperidine rings is 1. The van der Waals surface area contributed by atoms with Crippen molar-refractivity contribution in [3.8, 4) is 11.3 Å². The SMILES string of the molecule is Cc1ccc(-c2csc(N3CCCCC3=O)n2)cc1. The maximum Gasteiger partial charge on any atom is 0.228 e. The van der Waals surface area contributed by atoms with Gasteiger partial charge in [-0.15, -0.1) is 11.3 Å². The largest absolute Gasteiger partial charge is 0.288 e. The van der Waals surface area contributed by atoms with E-state index in [1.54, 1.807) is 11.3 Å². The van der Waals surface area contributed by atoms with Crippen LogP contribution in [0.5, 0.6) is 0 Å². The second-order valence-corrected chi connectivity index (χ2v) is 5.72. The molecule has 1 aliphatic rings. The van der Waals surface area contributed by atoms with Crippen molar-refractivity contribution in [3.05, 3.63) is 35.2 Å². The molecule has 0 saturated carbocycles. The molecule has 1 amide bonds. The molecule has 1 aromatic heterocycles. The first kappa shape index (κ1) is 12.4. The Hall–Kier alpha value is -1.68. The lowest BCUT2D eigenvalue weighted by Gasteiger charge is -2.23. The van der Waals surface area contributed by atoms with Gasteiger partial charge in [-0.3, -0.25) is 9.69 Å². The number of carbonyl (C=O) groups is 1. The molecule has 1 fully saturated rings. The van der Waals surface area contributed by atoms with Crippen LogP contribution >= 0.6 is 11.3 Å². The quantitative estimate of drug-likeness (QED) is 0.836.